The van der Waals surface area contributed by atoms with Gasteiger partial charge in [-0.3, -0.25) is 14.4 Å². The van der Waals surface area contributed by atoms with Crippen molar-refractivity contribution in [1.82, 2.24) is 0 Å². The second-order valence-electron chi connectivity index (χ2n) is 12.1. The highest BCUT2D eigenvalue weighted by Crippen LogP contribution is 2.25. The Kier molecular flexibility index (Phi) is 15.9. The van der Waals surface area contributed by atoms with Gasteiger partial charge in [0.05, 0.1) is 30.3 Å². The zero-order valence-electron chi connectivity index (χ0n) is 26.6. The zero-order chi connectivity index (χ0) is 33.0. The molecule has 10 heteroatoms. The smallest absolute Gasteiger partial charge is 0.345 e. The Balaban J connectivity index is 2.51. The lowest BCUT2D eigenvalue weighted by Gasteiger charge is -2.27. The number of cyclic esters (lactones) is 2. The first-order valence-electron chi connectivity index (χ1n) is 15.1. The topological polar surface area (TPSA) is 164 Å². The maximum absolute atomic E-state index is 12.8. The molecule has 0 fully saturated rings. The molecule has 10 nitrogen and oxygen atoms in total. The number of ketones is 2. The van der Waals surface area contributed by atoms with E-state index in [1.54, 1.807) is 26.0 Å². The summed E-state index contributed by atoms with van der Waals surface area (Å²) in [5, 5.41) is 31.5. The molecule has 1 aliphatic rings. The van der Waals surface area contributed by atoms with Gasteiger partial charge in [0.15, 0.2) is 5.78 Å². The third-order valence-electron chi connectivity index (χ3n) is 8.30. The lowest BCUT2D eigenvalue weighted by molar-refractivity contribution is -0.154. The van der Waals surface area contributed by atoms with Crippen molar-refractivity contribution in [1.29, 1.82) is 0 Å². The highest BCUT2D eigenvalue weighted by molar-refractivity contribution is 6.12. The Morgan fingerprint density at radius 3 is 2.07 bits per heavy atom. The summed E-state index contributed by atoms with van der Waals surface area (Å²) in [5.41, 5.74) is 0.552. The van der Waals surface area contributed by atoms with Crippen LogP contribution in [0.2, 0.25) is 0 Å². The summed E-state index contributed by atoms with van der Waals surface area (Å²) in [6.07, 6.45) is 1.16. The van der Waals surface area contributed by atoms with Crippen molar-refractivity contribution in [2.75, 3.05) is 0 Å². The number of allylic oxidation sites excluding steroid dienone is 3. The van der Waals surface area contributed by atoms with Gasteiger partial charge < -0.3 is 24.8 Å². The van der Waals surface area contributed by atoms with E-state index in [0.717, 1.165) is 18.4 Å². The van der Waals surface area contributed by atoms with Gasteiger partial charge in [-0.05, 0) is 63.0 Å². The Morgan fingerprint density at radius 2 is 1.53 bits per heavy atom. The van der Waals surface area contributed by atoms with E-state index >= 15 is 0 Å². The van der Waals surface area contributed by atoms with Crippen molar-refractivity contribution in [3.63, 3.8) is 0 Å². The number of aliphatic hydroxyl groups is 3. The number of Topliss-reactive ketones (excluding diaryl/α,β-unsaturated/α-hetero) is 1. The van der Waals surface area contributed by atoms with E-state index in [0.29, 0.717) is 19.3 Å². The Morgan fingerprint density at radius 1 is 0.907 bits per heavy atom. The molecule has 0 radical (unpaired) electrons. The predicted octanol–water partition coefficient (Wildman–Crippen LogP) is 3.95. The van der Waals surface area contributed by atoms with Gasteiger partial charge in [-0.25, -0.2) is 9.59 Å². The van der Waals surface area contributed by atoms with Crippen LogP contribution >= 0.6 is 0 Å². The molecule has 0 saturated heterocycles. The predicted molar refractivity (Wildman–Crippen MR) is 160 cm³/mol. The molecular weight excluding hydrogens is 556 g/mol. The largest absolute Gasteiger partial charge is 0.462 e. The summed E-state index contributed by atoms with van der Waals surface area (Å²) in [6, 6.07) is 0. The fourth-order valence-electron chi connectivity index (χ4n) is 5.10. The fourth-order valence-corrected chi connectivity index (χ4v) is 5.10. The molecular formula is C33H50O10. The molecule has 0 bridgehead atoms. The molecule has 0 aromatic carbocycles. The summed E-state index contributed by atoms with van der Waals surface area (Å²) in [7, 11) is 0. The van der Waals surface area contributed by atoms with Gasteiger partial charge in [-0.1, -0.05) is 47.3 Å². The van der Waals surface area contributed by atoms with Gasteiger partial charge in [0, 0.05) is 30.3 Å². The van der Waals surface area contributed by atoms with Crippen LogP contribution < -0.4 is 0 Å². The number of rotatable bonds is 20. The molecule has 3 N–H and O–H groups in total. The molecule has 0 saturated carbocycles. The van der Waals surface area contributed by atoms with Gasteiger partial charge in [-0.15, -0.1) is 0 Å². The standard InChI is InChI=1S/C33H50O10/c1-9-24(10-2)15-25(34)14-19(4)13-18(3)11-12-26(35)21(6)28(37)16-27(36)20(5)23(8)42-30(39)17-29(38)31-22(7)32(40)43-33(31)41/h9,15,18-21,23,26-27,29,35-36,38H,1,10-14,16-17H2,2-8H3/b24-15-. The molecule has 1 heterocycles. The second-order valence-corrected chi connectivity index (χ2v) is 12.1. The van der Waals surface area contributed by atoms with E-state index < -0.39 is 60.6 Å². The molecule has 43 heavy (non-hydrogen) atoms. The van der Waals surface area contributed by atoms with Crippen molar-refractivity contribution in [3.05, 3.63) is 35.5 Å². The minimum Gasteiger partial charge on any atom is -0.462 e. The van der Waals surface area contributed by atoms with Crippen LogP contribution in [0.1, 0.15) is 93.4 Å². The van der Waals surface area contributed by atoms with E-state index in [4.69, 9.17) is 4.74 Å². The minimum atomic E-state index is -1.58. The number of esters is 3. The van der Waals surface area contributed by atoms with Crippen molar-refractivity contribution in [3.8, 4) is 0 Å². The van der Waals surface area contributed by atoms with Gasteiger partial charge in [-0.2, -0.15) is 0 Å². The first-order valence-corrected chi connectivity index (χ1v) is 15.1. The maximum Gasteiger partial charge on any atom is 0.345 e. The number of hydrogen-bond acceptors (Lipinski definition) is 10. The van der Waals surface area contributed by atoms with Crippen LogP contribution in [0.25, 0.3) is 0 Å². The second kappa shape index (κ2) is 18.0. The molecule has 1 rings (SSSR count). The highest BCUT2D eigenvalue weighted by Gasteiger charge is 2.36. The normalized spacial score (nSPS) is 19.5. The molecule has 0 aromatic heterocycles. The quantitative estimate of drug-likeness (QED) is 0.0800. The van der Waals surface area contributed by atoms with Gasteiger partial charge in [0.1, 0.15) is 11.9 Å². The van der Waals surface area contributed by atoms with Crippen molar-refractivity contribution in [2.24, 2.45) is 23.7 Å². The SMILES string of the molecule is C=C/C(=C/C(=O)CC(C)CC(C)CCC(O)C(C)C(=O)CC(O)C(C)C(C)OC(=O)CC(O)C1=C(C)C(=O)OC1=O)CC. The average Bonchev–Trinajstić information content (AvgIpc) is 3.19. The average molecular weight is 607 g/mol. The van der Waals surface area contributed by atoms with E-state index in [-0.39, 0.29) is 41.0 Å². The Hall–Kier alpha value is -2.95. The third-order valence-corrected chi connectivity index (χ3v) is 8.30. The number of aliphatic hydroxyl groups excluding tert-OH is 3. The summed E-state index contributed by atoms with van der Waals surface area (Å²) in [5.74, 6) is -3.91. The van der Waals surface area contributed by atoms with E-state index in [9.17, 15) is 39.3 Å². The maximum atomic E-state index is 12.8. The first-order chi connectivity index (χ1) is 20.0. The molecule has 0 aliphatic carbocycles. The monoisotopic (exact) mass is 606 g/mol. The lowest BCUT2D eigenvalue weighted by atomic mass is 9.85. The summed E-state index contributed by atoms with van der Waals surface area (Å²) >= 11 is 0. The Labute approximate surface area is 255 Å². The van der Waals surface area contributed by atoms with Crippen LogP contribution in [0, 0.1) is 23.7 Å². The molecule has 8 unspecified atom stereocenters. The van der Waals surface area contributed by atoms with Crippen LogP contribution in [0.5, 0.6) is 0 Å². The molecule has 8 atom stereocenters. The summed E-state index contributed by atoms with van der Waals surface area (Å²) in [4.78, 5) is 60.6. The summed E-state index contributed by atoms with van der Waals surface area (Å²) in [6.45, 7) is 15.8. The van der Waals surface area contributed by atoms with Crippen LogP contribution in [0.15, 0.2) is 35.5 Å². The van der Waals surface area contributed by atoms with Gasteiger partial charge >= 0.3 is 17.9 Å². The third kappa shape index (κ3) is 12.3. The van der Waals surface area contributed by atoms with Gasteiger partial charge in [0.25, 0.3) is 0 Å². The zero-order valence-corrected chi connectivity index (χ0v) is 26.6. The van der Waals surface area contributed by atoms with Gasteiger partial charge in [0.2, 0.25) is 0 Å². The van der Waals surface area contributed by atoms with Crippen LogP contribution in [-0.4, -0.2) is 69.2 Å². The van der Waals surface area contributed by atoms with E-state index in [1.807, 2.05) is 13.8 Å². The molecule has 1 aliphatic heterocycles. The van der Waals surface area contributed by atoms with E-state index in [1.165, 1.54) is 13.8 Å². The minimum absolute atomic E-state index is 0.0736. The van der Waals surface area contributed by atoms with E-state index in [2.05, 4.69) is 18.2 Å². The van der Waals surface area contributed by atoms with Crippen LogP contribution in [-0.2, 0) is 33.4 Å². The lowest BCUT2D eigenvalue weighted by Crippen LogP contribution is -2.36. The molecule has 242 valence electrons. The molecule has 0 amide bonds. The number of ether oxygens (including phenoxy) is 2. The van der Waals surface area contributed by atoms with Crippen molar-refractivity contribution >= 4 is 29.5 Å². The molecule has 0 aromatic rings. The van der Waals surface area contributed by atoms with Crippen molar-refractivity contribution < 1.29 is 48.8 Å². The first kappa shape index (κ1) is 38.1. The number of hydrogen-bond donors (Lipinski definition) is 3. The Bertz CT molecular complexity index is 1090. The van der Waals surface area contributed by atoms with Crippen molar-refractivity contribution in [2.45, 2.75) is 118 Å². The molecule has 0 spiro atoms. The van der Waals surface area contributed by atoms with Crippen LogP contribution in [0.3, 0.4) is 0 Å². The number of carbonyl (C=O) groups excluding carboxylic acids is 5. The fraction of sp³-hybridized carbons (Fsp3) is 0.667. The van der Waals surface area contributed by atoms with Crippen LogP contribution in [0.4, 0.5) is 0 Å². The number of carbonyl (C=O) groups is 5. The highest BCUT2D eigenvalue weighted by atomic mass is 16.6. The summed E-state index contributed by atoms with van der Waals surface area (Å²) < 4.78 is 9.71.